The summed E-state index contributed by atoms with van der Waals surface area (Å²) in [6.45, 7) is 4.04. The van der Waals surface area contributed by atoms with Gasteiger partial charge in [0.05, 0.1) is 17.1 Å². The summed E-state index contributed by atoms with van der Waals surface area (Å²) in [7, 11) is 0. The molecular formula is C20H17N3O2S2. The van der Waals surface area contributed by atoms with Gasteiger partial charge in [-0.25, -0.2) is 4.98 Å². The van der Waals surface area contributed by atoms with Gasteiger partial charge in [0.1, 0.15) is 0 Å². The number of fused-ring (bicyclic) bond motifs is 1. The Labute approximate surface area is 165 Å². The smallest absolute Gasteiger partial charge is 0.257 e. The van der Waals surface area contributed by atoms with Crippen molar-refractivity contribution in [3.63, 3.8) is 0 Å². The van der Waals surface area contributed by atoms with E-state index < -0.39 is 0 Å². The summed E-state index contributed by atoms with van der Waals surface area (Å²) in [6.07, 6.45) is 0. The zero-order valence-electron chi connectivity index (χ0n) is 14.8. The number of hydrogen-bond acceptors (Lipinski definition) is 5. The average molecular weight is 396 g/mol. The second kappa shape index (κ2) is 7.17. The van der Waals surface area contributed by atoms with E-state index in [2.05, 4.69) is 15.6 Å². The normalized spacial score (nSPS) is 13.0. The first-order valence-corrected chi connectivity index (χ1v) is 10.2. The van der Waals surface area contributed by atoms with E-state index >= 15 is 0 Å². The van der Waals surface area contributed by atoms with Crippen LogP contribution in [-0.2, 0) is 4.79 Å². The maximum Gasteiger partial charge on any atom is 0.257 e. The minimum absolute atomic E-state index is 0.0525. The Kier molecular flexibility index (Phi) is 4.72. The quantitative estimate of drug-likeness (QED) is 0.673. The van der Waals surface area contributed by atoms with Gasteiger partial charge in [-0.05, 0) is 32.0 Å². The fraction of sp³-hybridized carbons (Fsp3) is 0.150. The lowest BCUT2D eigenvalue weighted by Crippen LogP contribution is -2.19. The monoisotopic (exact) mass is 395 g/mol. The maximum absolute atomic E-state index is 12.6. The Bertz CT molecular complexity index is 1040. The van der Waals surface area contributed by atoms with E-state index in [0.29, 0.717) is 22.1 Å². The number of thiazole rings is 1. The van der Waals surface area contributed by atoms with Crippen LogP contribution in [0.1, 0.15) is 20.8 Å². The molecular weight excluding hydrogens is 378 g/mol. The molecule has 0 aliphatic carbocycles. The molecule has 1 aliphatic rings. The van der Waals surface area contributed by atoms with E-state index in [0.717, 1.165) is 21.0 Å². The molecule has 2 amide bonds. The molecule has 0 saturated heterocycles. The van der Waals surface area contributed by atoms with Crippen LogP contribution in [0, 0.1) is 13.8 Å². The number of hydrogen-bond donors (Lipinski definition) is 2. The molecule has 0 bridgehead atoms. The number of carbonyl (C=O) groups is 2. The van der Waals surface area contributed by atoms with E-state index in [9.17, 15) is 9.59 Å². The zero-order chi connectivity index (χ0) is 19.0. The van der Waals surface area contributed by atoms with Crippen LogP contribution in [0.5, 0.6) is 0 Å². The molecule has 3 aromatic rings. The average Bonchev–Trinajstić information content (AvgIpc) is 3.01. The predicted molar refractivity (Wildman–Crippen MR) is 111 cm³/mol. The largest absolute Gasteiger partial charge is 0.324 e. The van der Waals surface area contributed by atoms with Crippen molar-refractivity contribution in [2.24, 2.45) is 0 Å². The van der Waals surface area contributed by atoms with Crippen LogP contribution in [0.2, 0.25) is 0 Å². The van der Waals surface area contributed by atoms with Crippen molar-refractivity contribution < 1.29 is 9.59 Å². The summed E-state index contributed by atoms with van der Waals surface area (Å²) in [5.74, 6) is 0.105. The van der Waals surface area contributed by atoms with Crippen molar-refractivity contribution in [2.75, 3.05) is 16.4 Å². The molecule has 2 aromatic carbocycles. The number of nitrogens with zero attached hydrogens (tertiary/aromatic N) is 1. The highest BCUT2D eigenvalue weighted by Gasteiger charge is 2.18. The van der Waals surface area contributed by atoms with Gasteiger partial charge in [0.15, 0.2) is 5.13 Å². The van der Waals surface area contributed by atoms with Gasteiger partial charge in [-0.3, -0.25) is 14.9 Å². The number of benzene rings is 2. The highest BCUT2D eigenvalue weighted by atomic mass is 32.2. The molecule has 1 aliphatic heterocycles. The molecule has 4 rings (SSSR count). The molecule has 0 atom stereocenters. The third-order valence-electron chi connectivity index (χ3n) is 4.22. The molecule has 0 radical (unpaired) electrons. The highest BCUT2D eigenvalue weighted by molar-refractivity contribution is 8.00. The van der Waals surface area contributed by atoms with Crippen LogP contribution in [-0.4, -0.2) is 22.6 Å². The molecule has 1 aromatic heterocycles. The van der Waals surface area contributed by atoms with Crippen molar-refractivity contribution in [1.29, 1.82) is 0 Å². The number of rotatable bonds is 3. The summed E-state index contributed by atoms with van der Waals surface area (Å²) in [5.41, 5.74) is 4.27. The summed E-state index contributed by atoms with van der Waals surface area (Å²) >= 11 is 2.92. The summed E-state index contributed by atoms with van der Waals surface area (Å²) in [6, 6.07) is 13.5. The molecule has 7 heteroatoms. The first-order valence-electron chi connectivity index (χ1n) is 8.42. The molecule has 5 nitrogen and oxygen atoms in total. The van der Waals surface area contributed by atoms with Crippen LogP contribution >= 0.6 is 23.1 Å². The Morgan fingerprint density at radius 3 is 2.70 bits per heavy atom. The molecule has 27 heavy (non-hydrogen) atoms. The van der Waals surface area contributed by atoms with Crippen LogP contribution in [0.25, 0.3) is 11.3 Å². The second-order valence-corrected chi connectivity index (χ2v) is 8.51. The van der Waals surface area contributed by atoms with E-state index in [1.165, 1.54) is 28.7 Å². The Hall–Kier alpha value is -2.64. The number of nitrogens with one attached hydrogen (secondary N) is 2. The van der Waals surface area contributed by atoms with Crippen LogP contribution in [0.15, 0.2) is 47.4 Å². The van der Waals surface area contributed by atoms with Gasteiger partial charge < -0.3 is 5.32 Å². The fourth-order valence-electron chi connectivity index (χ4n) is 2.82. The summed E-state index contributed by atoms with van der Waals surface area (Å²) in [4.78, 5) is 30.8. The Morgan fingerprint density at radius 1 is 1.15 bits per heavy atom. The van der Waals surface area contributed by atoms with Crippen molar-refractivity contribution >= 4 is 45.7 Å². The molecule has 2 heterocycles. The SMILES string of the molecule is Cc1ccc(-c2nc(NC(=O)c3ccc4c(c3)NC(=O)CS4)sc2C)cc1. The van der Waals surface area contributed by atoms with Crippen LogP contribution in [0.4, 0.5) is 10.8 Å². The van der Waals surface area contributed by atoms with Crippen molar-refractivity contribution in [1.82, 2.24) is 4.98 Å². The van der Waals surface area contributed by atoms with E-state index in [1.54, 1.807) is 12.1 Å². The number of aryl methyl sites for hydroxylation is 2. The highest BCUT2D eigenvalue weighted by Crippen LogP contribution is 2.33. The van der Waals surface area contributed by atoms with Gasteiger partial charge >= 0.3 is 0 Å². The van der Waals surface area contributed by atoms with Crippen LogP contribution < -0.4 is 10.6 Å². The molecule has 0 saturated carbocycles. The molecule has 0 unspecified atom stereocenters. The standard InChI is InChI=1S/C20H17N3O2S2/c1-11-3-5-13(6-4-11)18-12(2)27-20(22-18)23-19(25)14-7-8-16-15(9-14)21-17(24)10-26-16/h3-9H,10H2,1-2H3,(H,21,24)(H,22,23,25). The van der Waals surface area contributed by atoms with E-state index in [1.807, 2.05) is 44.2 Å². The van der Waals surface area contributed by atoms with Crippen molar-refractivity contribution in [2.45, 2.75) is 18.7 Å². The topological polar surface area (TPSA) is 71.1 Å². The Balaban J connectivity index is 1.55. The zero-order valence-corrected chi connectivity index (χ0v) is 16.5. The molecule has 2 N–H and O–H groups in total. The first-order chi connectivity index (χ1) is 13.0. The van der Waals surface area contributed by atoms with E-state index in [-0.39, 0.29) is 11.8 Å². The number of thioether (sulfide) groups is 1. The molecule has 0 fully saturated rings. The van der Waals surface area contributed by atoms with Gasteiger partial charge in [0.2, 0.25) is 5.91 Å². The third kappa shape index (κ3) is 3.74. The summed E-state index contributed by atoms with van der Waals surface area (Å²) in [5, 5.41) is 6.23. The predicted octanol–water partition coefficient (Wildman–Crippen LogP) is 4.72. The molecule has 0 spiro atoms. The number of amides is 2. The minimum Gasteiger partial charge on any atom is -0.324 e. The Morgan fingerprint density at radius 2 is 1.93 bits per heavy atom. The number of anilines is 2. The van der Waals surface area contributed by atoms with Gasteiger partial charge in [-0.2, -0.15) is 0 Å². The lowest BCUT2D eigenvalue weighted by atomic mass is 10.1. The van der Waals surface area contributed by atoms with E-state index in [4.69, 9.17) is 0 Å². The number of aromatic nitrogens is 1. The lowest BCUT2D eigenvalue weighted by molar-refractivity contribution is -0.113. The van der Waals surface area contributed by atoms with Gasteiger partial charge in [-0.15, -0.1) is 23.1 Å². The van der Waals surface area contributed by atoms with Crippen molar-refractivity contribution in [3.05, 3.63) is 58.5 Å². The van der Waals surface area contributed by atoms with Gasteiger partial charge in [0.25, 0.3) is 5.91 Å². The van der Waals surface area contributed by atoms with Crippen LogP contribution in [0.3, 0.4) is 0 Å². The van der Waals surface area contributed by atoms with Crippen molar-refractivity contribution in [3.8, 4) is 11.3 Å². The third-order valence-corrected chi connectivity index (χ3v) is 6.18. The summed E-state index contributed by atoms with van der Waals surface area (Å²) < 4.78 is 0. The van der Waals surface area contributed by atoms with Gasteiger partial charge in [-0.1, -0.05) is 29.8 Å². The first kappa shape index (κ1) is 17.8. The second-order valence-electron chi connectivity index (χ2n) is 6.29. The maximum atomic E-state index is 12.6. The fourth-order valence-corrected chi connectivity index (χ4v) is 4.44. The minimum atomic E-state index is -0.244. The lowest BCUT2D eigenvalue weighted by Gasteiger charge is -2.16. The number of carbonyl (C=O) groups excluding carboxylic acids is 2. The van der Waals surface area contributed by atoms with Gasteiger partial charge in [0, 0.05) is 20.9 Å². The molecule has 136 valence electrons.